The van der Waals surface area contributed by atoms with Crippen molar-refractivity contribution in [1.29, 1.82) is 0 Å². The van der Waals surface area contributed by atoms with Crippen LogP contribution in [0.25, 0.3) is 11.4 Å². The summed E-state index contributed by atoms with van der Waals surface area (Å²) in [5.74, 6) is 0.699. The van der Waals surface area contributed by atoms with Crippen molar-refractivity contribution in [2.24, 2.45) is 0 Å². The van der Waals surface area contributed by atoms with Crippen molar-refractivity contribution in [1.82, 2.24) is 14.9 Å². The van der Waals surface area contributed by atoms with Crippen molar-refractivity contribution in [2.45, 2.75) is 19.7 Å². The number of hydrogen-bond acceptors (Lipinski definition) is 6. The van der Waals surface area contributed by atoms with Crippen LogP contribution < -0.4 is 10.1 Å². The van der Waals surface area contributed by atoms with E-state index in [4.69, 9.17) is 4.74 Å². The molecule has 1 aliphatic heterocycles. The summed E-state index contributed by atoms with van der Waals surface area (Å²) in [7, 11) is 0. The second-order valence-electron chi connectivity index (χ2n) is 6.53. The summed E-state index contributed by atoms with van der Waals surface area (Å²) in [5, 5.41) is 3.27. The first-order chi connectivity index (χ1) is 13.4. The topological polar surface area (TPSA) is 59.5 Å². The van der Waals surface area contributed by atoms with E-state index >= 15 is 0 Å². The summed E-state index contributed by atoms with van der Waals surface area (Å²) in [4.78, 5) is 11.1. The lowest BCUT2D eigenvalue weighted by atomic mass is 10.2. The Hall–Kier alpha value is -2.39. The number of ether oxygens (including phenoxy) is 2. The number of hydrogen-bond donors (Lipinski definition) is 1. The van der Waals surface area contributed by atoms with Gasteiger partial charge in [0.1, 0.15) is 11.6 Å². The summed E-state index contributed by atoms with van der Waals surface area (Å²) in [6.45, 7) is 6.99. The van der Waals surface area contributed by atoms with Gasteiger partial charge in [0, 0.05) is 37.0 Å². The molecular formula is C19H23F3N4O2. The first kappa shape index (κ1) is 20.3. The molecule has 152 valence electrons. The minimum Gasteiger partial charge on any atom is -0.406 e. The maximum atomic E-state index is 12.4. The Bertz CT molecular complexity index is 780. The standard InChI is InChI=1S/C19H23F3N4O2/c1-14-12-17(23-6-3-7-26-8-10-27-11-9-26)25-18(24-14)15-4-2-5-16(13-15)28-19(20,21)22/h2,4-5,12-13H,3,6-11H2,1H3,(H,23,24,25). The van der Waals surface area contributed by atoms with E-state index < -0.39 is 6.36 Å². The van der Waals surface area contributed by atoms with E-state index in [9.17, 15) is 13.2 Å². The fourth-order valence-electron chi connectivity index (χ4n) is 2.96. The Morgan fingerprint density at radius 1 is 1.18 bits per heavy atom. The Morgan fingerprint density at radius 2 is 1.96 bits per heavy atom. The number of benzene rings is 1. The van der Waals surface area contributed by atoms with E-state index in [-0.39, 0.29) is 5.75 Å². The van der Waals surface area contributed by atoms with Crippen LogP contribution in [0, 0.1) is 6.92 Å². The number of rotatable bonds is 7. The van der Waals surface area contributed by atoms with E-state index in [2.05, 4.69) is 24.9 Å². The first-order valence-electron chi connectivity index (χ1n) is 9.15. The van der Waals surface area contributed by atoms with Crippen LogP contribution in [0.1, 0.15) is 12.1 Å². The molecule has 0 saturated carbocycles. The molecule has 6 nitrogen and oxygen atoms in total. The van der Waals surface area contributed by atoms with Crippen molar-refractivity contribution in [3.63, 3.8) is 0 Å². The molecule has 28 heavy (non-hydrogen) atoms. The Labute approximate surface area is 161 Å². The maximum Gasteiger partial charge on any atom is 0.573 e. The fourth-order valence-corrected chi connectivity index (χ4v) is 2.96. The molecule has 0 amide bonds. The van der Waals surface area contributed by atoms with Crippen LogP contribution in [0.15, 0.2) is 30.3 Å². The highest BCUT2D eigenvalue weighted by molar-refractivity contribution is 5.59. The number of morpholine rings is 1. The minimum absolute atomic E-state index is 0.296. The molecule has 3 rings (SSSR count). The second-order valence-corrected chi connectivity index (χ2v) is 6.53. The fraction of sp³-hybridized carbons (Fsp3) is 0.474. The van der Waals surface area contributed by atoms with E-state index in [0.717, 1.165) is 51.5 Å². The van der Waals surface area contributed by atoms with Gasteiger partial charge in [-0.3, -0.25) is 4.90 Å². The molecule has 0 unspecified atom stereocenters. The predicted molar refractivity (Wildman–Crippen MR) is 99.3 cm³/mol. The summed E-state index contributed by atoms with van der Waals surface area (Å²) in [5.41, 5.74) is 1.18. The number of aryl methyl sites for hydroxylation is 1. The van der Waals surface area contributed by atoms with Crippen LogP contribution in [0.4, 0.5) is 19.0 Å². The Balaban J connectivity index is 1.62. The largest absolute Gasteiger partial charge is 0.573 e. The molecular weight excluding hydrogens is 373 g/mol. The number of alkyl halides is 3. The molecule has 0 radical (unpaired) electrons. The van der Waals surface area contributed by atoms with Crippen LogP contribution in [-0.4, -0.2) is 60.6 Å². The molecule has 0 atom stereocenters. The van der Waals surface area contributed by atoms with E-state index in [1.165, 1.54) is 18.2 Å². The van der Waals surface area contributed by atoms with Crippen LogP contribution in [0.5, 0.6) is 5.75 Å². The van der Waals surface area contributed by atoms with Gasteiger partial charge < -0.3 is 14.8 Å². The lowest BCUT2D eigenvalue weighted by Gasteiger charge is -2.26. The quantitative estimate of drug-likeness (QED) is 0.723. The van der Waals surface area contributed by atoms with Crippen molar-refractivity contribution in [2.75, 3.05) is 44.7 Å². The zero-order valence-corrected chi connectivity index (χ0v) is 15.6. The molecule has 1 N–H and O–H groups in total. The molecule has 2 heterocycles. The molecule has 9 heteroatoms. The number of anilines is 1. The third kappa shape index (κ3) is 6.35. The van der Waals surface area contributed by atoms with Gasteiger partial charge in [-0.05, 0) is 32.0 Å². The van der Waals surface area contributed by atoms with E-state index in [1.807, 2.05) is 13.0 Å². The highest BCUT2D eigenvalue weighted by Gasteiger charge is 2.31. The molecule has 1 saturated heterocycles. The highest BCUT2D eigenvalue weighted by Crippen LogP contribution is 2.27. The number of halogens is 3. The summed E-state index contributed by atoms with van der Waals surface area (Å²) in [6.07, 6.45) is -3.79. The monoisotopic (exact) mass is 396 g/mol. The molecule has 1 aliphatic rings. The minimum atomic E-state index is -4.74. The van der Waals surface area contributed by atoms with Gasteiger partial charge in [0.2, 0.25) is 0 Å². The number of nitrogens with zero attached hydrogens (tertiary/aromatic N) is 3. The van der Waals surface area contributed by atoms with Gasteiger partial charge in [0.15, 0.2) is 5.82 Å². The van der Waals surface area contributed by atoms with Gasteiger partial charge >= 0.3 is 6.36 Å². The lowest BCUT2D eigenvalue weighted by Crippen LogP contribution is -2.37. The lowest BCUT2D eigenvalue weighted by molar-refractivity contribution is -0.274. The van der Waals surface area contributed by atoms with Crippen molar-refractivity contribution in [3.8, 4) is 17.1 Å². The summed E-state index contributed by atoms with van der Waals surface area (Å²) < 4.78 is 46.6. The van der Waals surface area contributed by atoms with E-state index in [0.29, 0.717) is 17.2 Å². The Kier molecular flexibility index (Phi) is 6.69. The summed E-state index contributed by atoms with van der Waals surface area (Å²) >= 11 is 0. The van der Waals surface area contributed by atoms with Gasteiger partial charge in [-0.2, -0.15) is 0 Å². The molecule has 0 aliphatic carbocycles. The number of nitrogens with one attached hydrogen (secondary N) is 1. The second kappa shape index (κ2) is 9.20. The van der Waals surface area contributed by atoms with Crippen LogP contribution in [-0.2, 0) is 4.74 Å². The normalized spacial score (nSPS) is 15.4. The van der Waals surface area contributed by atoms with Crippen LogP contribution in [0.3, 0.4) is 0 Å². The zero-order chi connectivity index (χ0) is 20.0. The molecule has 1 fully saturated rings. The molecule has 2 aromatic rings. The zero-order valence-electron chi connectivity index (χ0n) is 15.6. The van der Waals surface area contributed by atoms with E-state index in [1.54, 1.807) is 6.07 Å². The van der Waals surface area contributed by atoms with Crippen LogP contribution in [0.2, 0.25) is 0 Å². The van der Waals surface area contributed by atoms with Gasteiger partial charge in [-0.15, -0.1) is 13.2 Å². The van der Waals surface area contributed by atoms with Crippen LogP contribution >= 0.6 is 0 Å². The summed E-state index contributed by atoms with van der Waals surface area (Å²) in [6, 6.07) is 7.48. The van der Waals surface area contributed by atoms with Gasteiger partial charge in [0.25, 0.3) is 0 Å². The highest BCUT2D eigenvalue weighted by atomic mass is 19.4. The molecule has 1 aromatic carbocycles. The SMILES string of the molecule is Cc1cc(NCCCN2CCOCC2)nc(-c2cccc(OC(F)(F)F)c2)n1. The van der Waals surface area contributed by atoms with Crippen molar-refractivity contribution < 1.29 is 22.6 Å². The predicted octanol–water partition coefficient (Wildman–Crippen LogP) is 3.48. The third-order valence-corrected chi connectivity index (χ3v) is 4.24. The average molecular weight is 396 g/mol. The smallest absolute Gasteiger partial charge is 0.406 e. The van der Waals surface area contributed by atoms with Crippen molar-refractivity contribution >= 4 is 5.82 Å². The van der Waals surface area contributed by atoms with Gasteiger partial charge in [0.05, 0.1) is 13.2 Å². The molecule has 1 aromatic heterocycles. The average Bonchev–Trinajstić information content (AvgIpc) is 2.64. The van der Waals surface area contributed by atoms with Gasteiger partial charge in [-0.1, -0.05) is 12.1 Å². The first-order valence-corrected chi connectivity index (χ1v) is 9.15. The van der Waals surface area contributed by atoms with Crippen molar-refractivity contribution in [3.05, 3.63) is 36.0 Å². The Morgan fingerprint density at radius 3 is 2.71 bits per heavy atom. The number of aromatic nitrogens is 2. The maximum absolute atomic E-state index is 12.4. The molecule has 0 bridgehead atoms. The third-order valence-electron chi connectivity index (χ3n) is 4.24. The molecule has 0 spiro atoms. The van der Waals surface area contributed by atoms with Gasteiger partial charge in [-0.25, -0.2) is 9.97 Å².